The van der Waals surface area contributed by atoms with Crippen LogP contribution in [0.15, 0.2) is 60.0 Å². The molecule has 1 heterocycles. The maximum absolute atomic E-state index is 14.1. The van der Waals surface area contributed by atoms with Crippen LogP contribution >= 0.6 is 11.6 Å². The monoisotopic (exact) mass is 481 g/mol. The lowest BCUT2D eigenvalue weighted by atomic mass is 10.1. The van der Waals surface area contributed by atoms with Crippen LogP contribution in [0.3, 0.4) is 0 Å². The van der Waals surface area contributed by atoms with Crippen molar-refractivity contribution in [2.75, 3.05) is 45.9 Å². The fourth-order valence-corrected chi connectivity index (χ4v) is 4.58. The Balaban J connectivity index is 1.55. The summed E-state index contributed by atoms with van der Waals surface area (Å²) in [6.07, 6.45) is 1.35. The van der Waals surface area contributed by atoms with Gasteiger partial charge in [-0.3, -0.25) is 9.69 Å². The molecule has 7 nitrogen and oxygen atoms in total. The summed E-state index contributed by atoms with van der Waals surface area (Å²) < 4.78 is 46.6. The van der Waals surface area contributed by atoms with Crippen molar-refractivity contribution in [2.45, 2.75) is 4.90 Å². The minimum atomic E-state index is -4.08. The molecule has 3 rings (SSSR count). The molecule has 32 heavy (non-hydrogen) atoms. The highest BCUT2D eigenvalue weighted by Gasteiger charge is 2.25. The van der Waals surface area contributed by atoms with Crippen LogP contribution in [0.1, 0.15) is 10.4 Å². The van der Waals surface area contributed by atoms with Crippen LogP contribution < -0.4 is 9.46 Å². The van der Waals surface area contributed by atoms with E-state index in [2.05, 4.69) is 16.2 Å². The van der Waals surface area contributed by atoms with Crippen LogP contribution in [0.2, 0.25) is 5.02 Å². The first kappa shape index (κ1) is 24.2. The van der Waals surface area contributed by atoms with Crippen molar-refractivity contribution in [1.29, 1.82) is 0 Å². The van der Waals surface area contributed by atoms with Gasteiger partial charge in [0.05, 0.1) is 5.02 Å². The Labute approximate surface area is 192 Å². The fourth-order valence-electron chi connectivity index (χ4n) is 3.29. The van der Waals surface area contributed by atoms with E-state index in [9.17, 15) is 17.6 Å². The molecule has 172 valence electrons. The number of piperazine rings is 1. The number of sulfonamides is 1. The molecule has 0 atom stereocenters. The Bertz CT molecular complexity index is 1070. The summed E-state index contributed by atoms with van der Waals surface area (Å²) in [7, 11) is -4.08. The van der Waals surface area contributed by atoms with Crippen LogP contribution in [0, 0.1) is 5.82 Å². The molecule has 2 aromatic rings. The molecule has 1 aliphatic heterocycles. The van der Waals surface area contributed by atoms with Crippen molar-refractivity contribution in [1.82, 2.24) is 14.5 Å². The van der Waals surface area contributed by atoms with Crippen LogP contribution in [-0.2, 0) is 10.0 Å². The normalized spacial score (nSPS) is 14.9. The van der Waals surface area contributed by atoms with E-state index in [0.717, 1.165) is 12.1 Å². The van der Waals surface area contributed by atoms with Gasteiger partial charge in [-0.2, -0.15) is 0 Å². The summed E-state index contributed by atoms with van der Waals surface area (Å²) in [6.45, 7) is 6.77. The van der Waals surface area contributed by atoms with Gasteiger partial charge in [-0.25, -0.2) is 17.5 Å². The van der Waals surface area contributed by atoms with Crippen molar-refractivity contribution in [3.8, 4) is 5.75 Å². The van der Waals surface area contributed by atoms with Gasteiger partial charge in [0, 0.05) is 44.8 Å². The predicted molar refractivity (Wildman–Crippen MR) is 121 cm³/mol. The number of halogens is 2. The summed E-state index contributed by atoms with van der Waals surface area (Å²) in [6, 6.07) is 10.6. The molecule has 0 saturated carbocycles. The Morgan fingerprint density at radius 3 is 2.59 bits per heavy atom. The number of carbonyl (C=O) groups is 1. The van der Waals surface area contributed by atoms with Gasteiger partial charge in [0.15, 0.2) is 0 Å². The van der Waals surface area contributed by atoms with Crippen LogP contribution in [0.5, 0.6) is 5.75 Å². The molecule has 1 saturated heterocycles. The lowest BCUT2D eigenvalue weighted by Crippen LogP contribution is -2.49. The maximum Gasteiger partial charge on any atom is 0.253 e. The number of carbonyl (C=O) groups excluding carboxylic acids is 1. The predicted octanol–water partition coefficient (Wildman–Crippen LogP) is 2.78. The van der Waals surface area contributed by atoms with Gasteiger partial charge in [0.25, 0.3) is 5.91 Å². The highest BCUT2D eigenvalue weighted by molar-refractivity contribution is 7.89. The van der Waals surface area contributed by atoms with E-state index in [1.807, 2.05) is 18.2 Å². The van der Waals surface area contributed by atoms with Crippen LogP contribution in [-0.4, -0.2) is 70.0 Å². The SMILES string of the molecule is C=CCNS(=O)(=O)c1cc(C(=O)N2CCN(CCOc3ccccc3Cl)CC2)ccc1F. The van der Waals surface area contributed by atoms with Gasteiger partial charge in [0.1, 0.15) is 23.1 Å². The number of hydrogen-bond donors (Lipinski definition) is 1. The smallest absolute Gasteiger partial charge is 0.253 e. The molecule has 0 aliphatic carbocycles. The molecule has 0 spiro atoms. The molecule has 0 radical (unpaired) electrons. The number of nitrogens with one attached hydrogen (secondary N) is 1. The Hall–Kier alpha value is -2.46. The quantitative estimate of drug-likeness (QED) is 0.557. The Morgan fingerprint density at radius 1 is 1.19 bits per heavy atom. The van der Waals surface area contributed by atoms with Crippen molar-refractivity contribution < 1.29 is 22.3 Å². The van der Waals surface area contributed by atoms with Crippen LogP contribution in [0.4, 0.5) is 4.39 Å². The number of rotatable bonds is 9. The molecular weight excluding hydrogens is 457 g/mol. The standard InChI is InChI=1S/C22H25ClFN3O4S/c1-2-9-25-32(29,30)21-16-17(7-8-19(21)24)22(28)27-12-10-26(11-13-27)14-15-31-20-6-4-3-5-18(20)23/h2-8,16,25H,1,9-15H2. The molecule has 2 aromatic carbocycles. The number of benzene rings is 2. The zero-order valence-corrected chi connectivity index (χ0v) is 19.0. The molecular formula is C22H25ClFN3O4S. The average Bonchev–Trinajstić information content (AvgIpc) is 2.79. The molecule has 1 N–H and O–H groups in total. The summed E-state index contributed by atoms with van der Waals surface area (Å²) in [5, 5.41) is 0.559. The zero-order chi connectivity index (χ0) is 23.1. The fraction of sp³-hybridized carbons (Fsp3) is 0.318. The minimum absolute atomic E-state index is 0.0396. The zero-order valence-electron chi connectivity index (χ0n) is 17.5. The van der Waals surface area contributed by atoms with Crippen molar-refractivity contribution in [3.05, 3.63) is 71.5 Å². The number of ether oxygens (including phenoxy) is 1. The van der Waals surface area contributed by atoms with E-state index >= 15 is 0 Å². The second-order valence-electron chi connectivity index (χ2n) is 7.20. The first-order chi connectivity index (χ1) is 15.3. The van der Waals surface area contributed by atoms with Gasteiger partial charge in [-0.15, -0.1) is 6.58 Å². The number of amides is 1. The lowest BCUT2D eigenvalue weighted by Gasteiger charge is -2.34. The highest BCUT2D eigenvalue weighted by atomic mass is 35.5. The van der Waals surface area contributed by atoms with Crippen molar-refractivity contribution >= 4 is 27.5 Å². The second kappa shape index (κ2) is 10.9. The van der Waals surface area contributed by atoms with Gasteiger partial charge >= 0.3 is 0 Å². The molecule has 10 heteroatoms. The Kier molecular flexibility index (Phi) is 8.25. The number of nitrogens with zero attached hydrogens (tertiary/aromatic N) is 2. The molecule has 1 aliphatic rings. The number of para-hydroxylation sites is 1. The molecule has 1 amide bonds. The second-order valence-corrected chi connectivity index (χ2v) is 9.34. The summed E-state index contributed by atoms with van der Waals surface area (Å²) in [4.78, 5) is 16.1. The average molecular weight is 482 g/mol. The largest absolute Gasteiger partial charge is 0.491 e. The first-order valence-electron chi connectivity index (χ1n) is 10.1. The Morgan fingerprint density at radius 2 is 1.91 bits per heavy atom. The molecule has 1 fully saturated rings. The van der Waals surface area contributed by atoms with Gasteiger partial charge in [0.2, 0.25) is 10.0 Å². The van der Waals surface area contributed by atoms with Crippen molar-refractivity contribution in [3.63, 3.8) is 0 Å². The molecule has 0 bridgehead atoms. The van der Waals surface area contributed by atoms with E-state index in [1.165, 1.54) is 12.1 Å². The van der Waals surface area contributed by atoms with Gasteiger partial charge < -0.3 is 9.64 Å². The highest BCUT2D eigenvalue weighted by Crippen LogP contribution is 2.23. The van der Waals surface area contributed by atoms with E-state index in [0.29, 0.717) is 50.1 Å². The topological polar surface area (TPSA) is 79.0 Å². The van der Waals surface area contributed by atoms with Gasteiger partial charge in [-0.1, -0.05) is 29.8 Å². The maximum atomic E-state index is 14.1. The third kappa shape index (κ3) is 6.07. The number of hydrogen-bond acceptors (Lipinski definition) is 5. The minimum Gasteiger partial charge on any atom is -0.491 e. The summed E-state index contributed by atoms with van der Waals surface area (Å²) >= 11 is 6.08. The van der Waals surface area contributed by atoms with E-state index < -0.39 is 20.7 Å². The first-order valence-corrected chi connectivity index (χ1v) is 12.0. The molecule has 0 aromatic heterocycles. The lowest BCUT2D eigenvalue weighted by molar-refractivity contribution is 0.0620. The van der Waals surface area contributed by atoms with E-state index in [-0.39, 0.29) is 18.0 Å². The summed E-state index contributed by atoms with van der Waals surface area (Å²) in [5.74, 6) is -0.619. The third-order valence-electron chi connectivity index (χ3n) is 5.05. The van der Waals surface area contributed by atoms with E-state index in [1.54, 1.807) is 11.0 Å². The molecule has 0 unspecified atom stereocenters. The van der Waals surface area contributed by atoms with Crippen LogP contribution in [0.25, 0.3) is 0 Å². The summed E-state index contributed by atoms with van der Waals surface area (Å²) in [5.41, 5.74) is 0.126. The van der Waals surface area contributed by atoms with E-state index in [4.69, 9.17) is 16.3 Å². The third-order valence-corrected chi connectivity index (χ3v) is 6.80. The van der Waals surface area contributed by atoms with Gasteiger partial charge in [-0.05, 0) is 30.3 Å². The van der Waals surface area contributed by atoms with Crippen molar-refractivity contribution in [2.24, 2.45) is 0 Å².